The summed E-state index contributed by atoms with van der Waals surface area (Å²) < 4.78 is 0. The SMILES string of the molecule is CCCN(CCO)c1cc(C#N)ccc1C(C)O. The molecule has 18 heavy (non-hydrogen) atoms. The Hall–Kier alpha value is -1.57. The molecule has 0 aliphatic carbocycles. The van der Waals surface area contributed by atoms with Crippen LogP contribution in [-0.2, 0) is 0 Å². The summed E-state index contributed by atoms with van der Waals surface area (Å²) in [7, 11) is 0. The first-order chi connectivity index (χ1) is 8.63. The largest absolute Gasteiger partial charge is 0.395 e. The highest BCUT2D eigenvalue weighted by Gasteiger charge is 2.14. The lowest BCUT2D eigenvalue weighted by Crippen LogP contribution is -2.28. The van der Waals surface area contributed by atoms with Crippen molar-refractivity contribution in [3.05, 3.63) is 29.3 Å². The van der Waals surface area contributed by atoms with Crippen molar-refractivity contribution in [2.75, 3.05) is 24.6 Å². The molecule has 2 N–H and O–H groups in total. The van der Waals surface area contributed by atoms with E-state index in [2.05, 4.69) is 13.0 Å². The van der Waals surface area contributed by atoms with Crippen LogP contribution in [0.1, 0.15) is 37.5 Å². The van der Waals surface area contributed by atoms with Crippen LogP contribution in [0, 0.1) is 11.3 Å². The van der Waals surface area contributed by atoms with E-state index in [9.17, 15) is 5.11 Å². The van der Waals surface area contributed by atoms with E-state index in [1.165, 1.54) is 0 Å². The van der Waals surface area contributed by atoms with Gasteiger partial charge in [-0.15, -0.1) is 0 Å². The molecule has 0 aromatic heterocycles. The molecule has 0 fully saturated rings. The predicted octanol–water partition coefficient (Wildman–Crippen LogP) is 1.82. The number of benzene rings is 1. The van der Waals surface area contributed by atoms with Crippen LogP contribution in [0.2, 0.25) is 0 Å². The Morgan fingerprint density at radius 3 is 2.61 bits per heavy atom. The first kappa shape index (κ1) is 14.5. The van der Waals surface area contributed by atoms with Gasteiger partial charge in [0, 0.05) is 24.3 Å². The Kier molecular flexibility index (Phi) is 5.63. The van der Waals surface area contributed by atoms with E-state index < -0.39 is 6.10 Å². The molecule has 0 aliphatic rings. The zero-order valence-electron chi connectivity index (χ0n) is 10.9. The normalized spacial score (nSPS) is 11.9. The highest BCUT2D eigenvalue weighted by Crippen LogP contribution is 2.27. The second-order valence-electron chi connectivity index (χ2n) is 4.27. The molecule has 1 aromatic rings. The van der Waals surface area contributed by atoms with Gasteiger partial charge in [-0.1, -0.05) is 13.0 Å². The zero-order valence-corrected chi connectivity index (χ0v) is 10.9. The van der Waals surface area contributed by atoms with Crippen molar-refractivity contribution < 1.29 is 10.2 Å². The maximum absolute atomic E-state index is 9.78. The Balaban J connectivity index is 3.19. The molecular weight excluding hydrogens is 228 g/mol. The lowest BCUT2D eigenvalue weighted by atomic mass is 10.0. The Morgan fingerprint density at radius 1 is 1.39 bits per heavy atom. The van der Waals surface area contributed by atoms with E-state index in [-0.39, 0.29) is 6.61 Å². The first-order valence-electron chi connectivity index (χ1n) is 6.22. The maximum atomic E-state index is 9.78. The third kappa shape index (κ3) is 3.46. The first-order valence-corrected chi connectivity index (χ1v) is 6.22. The minimum Gasteiger partial charge on any atom is -0.395 e. The molecule has 98 valence electrons. The molecule has 4 nitrogen and oxygen atoms in total. The minimum atomic E-state index is -0.592. The topological polar surface area (TPSA) is 67.5 Å². The fourth-order valence-electron chi connectivity index (χ4n) is 1.98. The third-order valence-corrected chi connectivity index (χ3v) is 2.81. The number of nitrogens with zero attached hydrogens (tertiary/aromatic N) is 2. The number of anilines is 1. The second-order valence-corrected chi connectivity index (χ2v) is 4.27. The van der Waals surface area contributed by atoms with Crippen molar-refractivity contribution in [3.8, 4) is 6.07 Å². The van der Waals surface area contributed by atoms with Gasteiger partial charge < -0.3 is 15.1 Å². The number of hydrogen-bond acceptors (Lipinski definition) is 4. The number of rotatable bonds is 6. The van der Waals surface area contributed by atoms with Crippen molar-refractivity contribution in [2.24, 2.45) is 0 Å². The zero-order chi connectivity index (χ0) is 13.5. The third-order valence-electron chi connectivity index (χ3n) is 2.81. The molecule has 0 spiro atoms. The lowest BCUT2D eigenvalue weighted by Gasteiger charge is -2.27. The molecular formula is C14H20N2O2. The standard InChI is InChI=1S/C14H20N2O2/c1-3-6-16(7-8-17)14-9-12(10-15)4-5-13(14)11(2)18/h4-5,9,11,17-18H,3,6-8H2,1-2H3. The maximum Gasteiger partial charge on any atom is 0.0992 e. The number of hydrogen-bond donors (Lipinski definition) is 2. The molecule has 0 amide bonds. The second kappa shape index (κ2) is 7.00. The van der Waals surface area contributed by atoms with Crippen LogP contribution in [0.15, 0.2) is 18.2 Å². The average Bonchev–Trinajstić information content (AvgIpc) is 2.37. The van der Waals surface area contributed by atoms with Gasteiger partial charge in [-0.25, -0.2) is 0 Å². The molecule has 0 saturated heterocycles. The van der Waals surface area contributed by atoms with Crippen LogP contribution in [0.25, 0.3) is 0 Å². The van der Waals surface area contributed by atoms with Crippen molar-refractivity contribution in [1.29, 1.82) is 5.26 Å². The fourth-order valence-corrected chi connectivity index (χ4v) is 1.98. The number of aliphatic hydroxyl groups excluding tert-OH is 2. The van der Waals surface area contributed by atoms with Gasteiger partial charge in [-0.05, 0) is 25.5 Å². The van der Waals surface area contributed by atoms with Crippen molar-refractivity contribution in [2.45, 2.75) is 26.4 Å². The van der Waals surface area contributed by atoms with E-state index in [1.54, 1.807) is 25.1 Å². The van der Waals surface area contributed by atoms with Crippen LogP contribution in [0.3, 0.4) is 0 Å². The van der Waals surface area contributed by atoms with Crippen LogP contribution >= 0.6 is 0 Å². The van der Waals surface area contributed by atoms with Crippen LogP contribution < -0.4 is 4.90 Å². The van der Waals surface area contributed by atoms with Gasteiger partial charge >= 0.3 is 0 Å². The van der Waals surface area contributed by atoms with Gasteiger partial charge in [0.05, 0.1) is 24.3 Å². The lowest BCUT2D eigenvalue weighted by molar-refractivity contribution is 0.199. The Bertz CT molecular complexity index is 418. The molecule has 4 heteroatoms. The molecule has 0 bridgehead atoms. The fraction of sp³-hybridized carbons (Fsp3) is 0.500. The van der Waals surface area contributed by atoms with Crippen molar-refractivity contribution in [1.82, 2.24) is 0 Å². The van der Waals surface area contributed by atoms with E-state index in [1.807, 2.05) is 4.90 Å². The quantitative estimate of drug-likeness (QED) is 0.806. The molecule has 0 radical (unpaired) electrons. The Morgan fingerprint density at radius 2 is 2.11 bits per heavy atom. The summed E-state index contributed by atoms with van der Waals surface area (Å²) in [6.07, 6.45) is 0.349. The van der Waals surface area contributed by atoms with Crippen LogP contribution in [0.5, 0.6) is 0 Å². The monoisotopic (exact) mass is 248 g/mol. The molecule has 1 rings (SSSR count). The molecule has 1 unspecified atom stereocenters. The molecule has 0 aliphatic heterocycles. The van der Waals surface area contributed by atoms with Gasteiger partial charge in [0.25, 0.3) is 0 Å². The molecule has 0 heterocycles. The predicted molar refractivity (Wildman–Crippen MR) is 71.4 cm³/mol. The van der Waals surface area contributed by atoms with E-state index in [0.717, 1.165) is 24.2 Å². The van der Waals surface area contributed by atoms with Crippen LogP contribution in [-0.4, -0.2) is 29.9 Å². The van der Waals surface area contributed by atoms with Gasteiger partial charge in [0.1, 0.15) is 0 Å². The summed E-state index contributed by atoms with van der Waals surface area (Å²) in [5.41, 5.74) is 2.18. The summed E-state index contributed by atoms with van der Waals surface area (Å²) in [4.78, 5) is 2.00. The average molecular weight is 248 g/mol. The van der Waals surface area contributed by atoms with Gasteiger partial charge in [0.15, 0.2) is 0 Å². The smallest absolute Gasteiger partial charge is 0.0992 e. The van der Waals surface area contributed by atoms with Gasteiger partial charge in [-0.3, -0.25) is 0 Å². The minimum absolute atomic E-state index is 0.0516. The Labute approximate surface area is 108 Å². The summed E-state index contributed by atoms with van der Waals surface area (Å²) in [5, 5.41) is 27.8. The summed E-state index contributed by atoms with van der Waals surface area (Å²) in [5.74, 6) is 0. The summed E-state index contributed by atoms with van der Waals surface area (Å²) >= 11 is 0. The van der Waals surface area contributed by atoms with Crippen LogP contribution in [0.4, 0.5) is 5.69 Å². The molecule has 0 saturated carbocycles. The van der Waals surface area contributed by atoms with Gasteiger partial charge in [-0.2, -0.15) is 5.26 Å². The molecule has 1 aromatic carbocycles. The number of nitriles is 1. The van der Waals surface area contributed by atoms with Crippen molar-refractivity contribution >= 4 is 5.69 Å². The van der Waals surface area contributed by atoms with Crippen molar-refractivity contribution in [3.63, 3.8) is 0 Å². The van der Waals surface area contributed by atoms with E-state index in [0.29, 0.717) is 12.1 Å². The highest BCUT2D eigenvalue weighted by molar-refractivity contribution is 5.58. The van der Waals surface area contributed by atoms with Gasteiger partial charge in [0.2, 0.25) is 0 Å². The number of aliphatic hydroxyl groups is 2. The molecule has 1 atom stereocenters. The highest BCUT2D eigenvalue weighted by atomic mass is 16.3. The summed E-state index contributed by atoms with van der Waals surface area (Å²) in [6.45, 7) is 5.10. The van der Waals surface area contributed by atoms with E-state index >= 15 is 0 Å². The summed E-state index contributed by atoms with van der Waals surface area (Å²) in [6, 6.07) is 7.35. The van der Waals surface area contributed by atoms with E-state index in [4.69, 9.17) is 10.4 Å².